The summed E-state index contributed by atoms with van der Waals surface area (Å²) in [5, 5.41) is 4.00. The zero-order chi connectivity index (χ0) is 18.7. The monoisotopic (exact) mass is 359 g/mol. The van der Waals surface area contributed by atoms with Gasteiger partial charge in [0, 0.05) is 30.8 Å². The summed E-state index contributed by atoms with van der Waals surface area (Å²) >= 11 is 0. The van der Waals surface area contributed by atoms with Gasteiger partial charge in [-0.05, 0) is 37.0 Å². The molecule has 1 unspecified atom stereocenters. The third-order valence-corrected chi connectivity index (χ3v) is 4.75. The van der Waals surface area contributed by atoms with Crippen molar-refractivity contribution in [2.45, 2.75) is 64.3 Å². The van der Waals surface area contributed by atoms with E-state index < -0.39 is 0 Å². The number of hydrogen-bond acceptors (Lipinski definition) is 4. The third kappa shape index (κ3) is 4.48. The molecule has 2 heterocycles. The first-order chi connectivity index (χ1) is 12.3. The molecule has 1 amide bonds. The number of rotatable bonds is 5. The highest BCUT2D eigenvalue weighted by Gasteiger charge is 2.29. The summed E-state index contributed by atoms with van der Waals surface area (Å²) in [7, 11) is 0. The molecule has 0 radical (unpaired) electrons. The van der Waals surface area contributed by atoms with Gasteiger partial charge in [0.2, 0.25) is 11.8 Å². The quantitative estimate of drug-likeness (QED) is 0.817. The van der Waals surface area contributed by atoms with E-state index in [0.717, 1.165) is 24.9 Å². The second kappa shape index (κ2) is 7.56. The summed E-state index contributed by atoms with van der Waals surface area (Å²) in [5.41, 5.74) is 0.762. The molecule has 2 aromatic rings. The molecule has 1 atom stereocenters. The number of likely N-dealkylation sites (tertiary alicyclic amines) is 1. The molecule has 1 saturated heterocycles. The minimum Gasteiger partial charge on any atom is -0.339 e. The number of halogens is 1. The predicted molar refractivity (Wildman–Crippen MR) is 96.2 cm³/mol. The molecule has 1 aliphatic rings. The van der Waals surface area contributed by atoms with Crippen molar-refractivity contribution in [1.82, 2.24) is 15.0 Å². The summed E-state index contributed by atoms with van der Waals surface area (Å²) in [5.74, 6) is 1.03. The fraction of sp³-hybridized carbons (Fsp3) is 0.550. The van der Waals surface area contributed by atoms with Crippen LogP contribution in [0, 0.1) is 5.82 Å². The standard InChI is InChI=1S/C20H26FN3O2/c1-20(2,3)19-22-17(26-23-19)9-10-18(25)24-11-5-8-16(24)13-14-6-4-7-15(21)12-14/h4,6-7,12,16H,5,8-11,13H2,1-3H3. The Bertz CT molecular complexity index is 766. The SMILES string of the molecule is CC(C)(C)c1noc(CCC(=O)N2CCCC2Cc2cccc(F)c2)n1. The van der Waals surface area contributed by atoms with Crippen LogP contribution in [-0.2, 0) is 23.1 Å². The van der Waals surface area contributed by atoms with Crippen LogP contribution in [0.5, 0.6) is 0 Å². The Labute approximate surface area is 153 Å². The van der Waals surface area contributed by atoms with E-state index in [2.05, 4.69) is 10.1 Å². The third-order valence-electron chi connectivity index (χ3n) is 4.75. The fourth-order valence-electron chi connectivity index (χ4n) is 3.33. The van der Waals surface area contributed by atoms with E-state index >= 15 is 0 Å². The lowest BCUT2D eigenvalue weighted by atomic mass is 9.96. The first kappa shape index (κ1) is 18.5. The average molecular weight is 359 g/mol. The zero-order valence-corrected chi connectivity index (χ0v) is 15.7. The van der Waals surface area contributed by atoms with Gasteiger partial charge in [-0.15, -0.1) is 0 Å². The lowest BCUT2D eigenvalue weighted by Crippen LogP contribution is -2.37. The van der Waals surface area contributed by atoms with Crippen molar-refractivity contribution >= 4 is 5.91 Å². The predicted octanol–water partition coefficient (Wildman–Crippen LogP) is 3.67. The van der Waals surface area contributed by atoms with E-state index in [4.69, 9.17) is 4.52 Å². The van der Waals surface area contributed by atoms with E-state index in [1.165, 1.54) is 6.07 Å². The lowest BCUT2D eigenvalue weighted by Gasteiger charge is -2.24. The molecule has 3 rings (SSSR count). The summed E-state index contributed by atoms with van der Waals surface area (Å²) in [6.07, 6.45) is 3.44. The molecule has 1 aromatic carbocycles. The lowest BCUT2D eigenvalue weighted by molar-refractivity contribution is -0.132. The van der Waals surface area contributed by atoms with Gasteiger partial charge in [-0.1, -0.05) is 38.1 Å². The Morgan fingerprint density at radius 3 is 2.88 bits per heavy atom. The van der Waals surface area contributed by atoms with Crippen LogP contribution >= 0.6 is 0 Å². The average Bonchev–Trinajstić information content (AvgIpc) is 3.21. The first-order valence-corrected chi connectivity index (χ1v) is 9.20. The second-order valence-electron chi connectivity index (χ2n) is 7.98. The van der Waals surface area contributed by atoms with Crippen molar-refractivity contribution in [1.29, 1.82) is 0 Å². The number of benzene rings is 1. The van der Waals surface area contributed by atoms with Gasteiger partial charge in [0.25, 0.3) is 0 Å². The minimum absolute atomic E-state index is 0.0967. The van der Waals surface area contributed by atoms with Gasteiger partial charge in [0.1, 0.15) is 5.82 Å². The van der Waals surface area contributed by atoms with Crippen LogP contribution in [-0.4, -0.2) is 33.5 Å². The Balaban J connectivity index is 1.57. The van der Waals surface area contributed by atoms with Crippen LogP contribution in [0.2, 0.25) is 0 Å². The van der Waals surface area contributed by atoms with Crippen molar-refractivity contribution < 1.29 is 13.7 Å². The fourth-order valence-corrected chi connectivity index (χ4v) is 3.33. The van der Waals surface area contributed by atoms with Crippen LogP contribution in [0.15, 0.2) is 28.8 Å². The highest BCUT2D eigenvalue weighted by molar-refractivity contribution is 5.77. The van der Waals surface area contributed by atoms with Crippen LogP contribution in [0.1, 0.15) is 57.3 Å². The molecule has 5 nitrogen and oxygen atoms in total. The molecule has 1 aromatic heterocycles. The van der Waals surface area contributed by atoms with Crippen LogP contribution < -0.4 is 0 Å². The molecular formula is C20H26FN3O2. The van der Waals surface area contributed by atoms with Crippen molar-refractivity contribution in [2.24, 2.45) is 0 Å². The van der Waals surface area contributed by atoms with E-state index in [0.29, 0.717) is 31.0 Å². The summed E-state index contributed by atoms with van der Waals surface area (Å²) < 4.78 is 18.7. The highest BCUT2D eigenvalue weighted by atomic mass is 19.1. The molecule has 6 heteroatoms. The number of aryl methyl sites for hydroxylation is 1. The highest BCUT2D eigenvalue weighted by Crippen LogP contribution is 2.23. The Hall–Kier alpha value is -2.24. The molecule has 0 saturated carbocycles. The molecular weight excluding hydrogens is 333 g/mol. The van der Waals surface area contributed by atoms with E-state index in [-0.39, 0.29) is 23.2 Å². The maximum atomic E-state index is 13.4. The second-order valence-corrected chi connectivity index (χ2v) is 7.98. The Morgan fingerprint density at radius 2 is 2.19 bits per heavy atom. The Kier molecular flexibility index (Phi) is 5.39. The van der Waals surface area contributed by atoms with Gasteiger partial charge < -0.3 is 9.42 Å². The van der Waals surface area contributed by atoms with Gasteiger partial charge in [-0.25, -0.2) is 4.39 Å². The van der Waals surface area contributed by atoms with Gasteiger partial charge in [0.05, 0.1) is 0 Å². The first-order valence-electron chi connectivity index (χ1n) is 9.20. The van der Waals surface area contributed by atoms with Crippen molar-refractivity contribution in [3.8, 4) is 0 Å². The number of carbonyl (C=O) groups is 1. The van der Waals surface area contributed by atoms with E-state index in [1.807, 2.05) is 31.7 Å². The normalized spacial score (nSPS) is 17.7. The molecule has 1 fully saturated rings. The van der Waals surface area contributed by atoms with Crippen LogP contribution in [0.25, 0.3) is 0 Å². The zero-order valence-electron chi connectivity index (χ0n) is 15.7. The van der Waals surface area contributed by atoms with Crippen molar-refractivity contribution in [3.63, 3.8) is 0 Å². The molecule has 0 spiro atoms. The van der Waals surface area contributed by atoms with Gasteiger partial charge in [-0.2, -0.15) is 4.98 Å². The van der Waals surface area contributed by atoms with Crippen LogP contribution in [0.3, 0.4) is 0 Å². The van der Waals surface area contributed by atoms with Gasteiger partial charge >= 0.3 is 0 Å². The smallest absolute Gasteiger partial charge is 0.227 e. The summed E-state index contributed by atoms with van der Waals surface area (Å²) in [6, 6.07) is 6.76. The molecule has 26 heavy (non-hydrogen) atoms. The Morgan fingerprint density at radius 1 is 1.38 bits per heavy atom. The number of amides is 1. The molecule has 0 aliphatic carbocycles. The maximum absolute atomic E-state index is 13.4. The van der Waals surface area contributed by atoms with E-state index in [1.54, 1.807) is 12.1 Å². The summed E-state index contributed by atoms with van der Waals surface area (Å²) in [6.45, 7) is 6.83. The molecule has 0 bridgehead atoms. The molecule has 140 valence electrons. The molecule has 0 N–H and O–H groups in total. The van der Waals surface area contributed by atoms with Crippen molar-refractivity contribution in [2.75, 3.05) is 6.54 Å². The minimum atomic E-state index is -0.232. The maximum Gasteiger partial charge on any atom is 0.227 e. The van der Waals surface area contributed by atoms with Crippen LogP contribution in [0.4, 0.5) is 4.39 Å². The number of nitrogens with zero attached hydrogens (tertiary/aromatic N) is 3. The topological polar surface area (TPSA) is 59.2 Å². The molecule has 1 aliphatic heterocycles. The van der Waals surface area contributed by atoms with Gasteiger partial charge in [0.15, 0.2) is 5.82 Å². The van der Waals surface area contributed by atoms with Gasteiger partial charge in [-0.3, -0.25) is 4.79 Å². The number of aromatic nitrogens is 2. The van der Waals surface area contributed by atoms with E-state index in [9.17, 15) is 9.18 Å². The summed E-state index contributed by atoms with van der Waals surface area (Å²) in [4.78, 5) is 19.0. The largest absolute Gasteiger partial charge is 0.339 e. The number of hydrogen-bond donors (Lipinski definition) is 0. The van der Waals surface area contributed by atoms with Crippen molar-refractivity contribution in [3.05, 3.63) is 47.4 Å². The number of carbonyl (C=O) groups excluding carboxylic acids is 1.